The van der Waals surface area contributed by atoms with Gasteiger partial charge in [-0.05, 0) is 43.3 Å². The van der Waals surface area contributed by atoms with Gasteiger partial charge in [-0.25, -0.2) is 13.1 Å². The highest BCUT2D eigenvalue weighted by Crippen LogP contribution is 2.26. The number of hydrogen-bond acceptors (Lipinski definition) is 4. The lowest BCUT2D eigenvalue weighted by Crippen LogP contribution is -2.46. The molecular formula is C13H24N2O2S2. The fourth-order valence-electron chi connectivity index (χ4n) is 2.09. The van der Waals surface area contributed by atoms with E-state index >= 15 is 0 Å². The van der Waals surface area contributed by atoms with Crippen molar-refractivity contribution in [2.24, 2.45) is 0 Å². The molecule has 0 aliphatic rings. The Morgan fingerprint density at radius 3 is 2.26 bits per heavy atom. The Bertz CT molecular complexity index is 482. The van der Waals surface area contributed by atoms with Crippen molar-refractivity contribution < 1.29 is 8.42 Å². The van der Waals surface area contributed by atoms with E-state index in [0.29, 0.717) is 10.8 Å². The Balaban J connectivity index is 2.96. The molecular weight excluding hydrogens is 280 g/mol. The second-order valence-corrected chi connectivity index (χ2v) is 7.57. The summed E-state index contributed by atoms with van der Waals surface area (Å²) < 4.78 is 28.1. The van der Waals surface area contributed by atoms with Crippen molar-refractivity contribution in [2.75, 3.05) is 7.05 Å². The molecule has 1 rings (SSSR count). The van der Waals surface area contributed by atoms with E-state index in [2.05, 4.69) is 10.0 Å². The average Bonchev–Trinajstić information content (AvgIpc) is 2.86. The maximum absolute atomic E-state index is 12.4. The van der Waals surface area contributed by atoms with E-state index in [1.807, 2.05) is 33.2 Å². The summed E-state index contributed by atoms with van der Waals surface area (Å²) in [5, 5.41) is 4.91. The highest BCUT2D eigenvalue weighted by atomic mass is 32.2. The molecule has 0 amide bonds. The van der Waals surface area contributed by atoms with Gasteiger partial charge in [-0.15, -0.1) is 11.3 Å². The molecule has 4 nitrogen and oxygen atoms in total. The van der Waals surface area contributed by atoms with Crippen molar-refractivity contribution in [1.82, 2.24) is 10.0 Å². The van der Waals surface area contributed by atoms with Gasteiger partial charge in [-0.1, -0.05) is 20.8 Å². The summed E-state index contributed by atoms with van der Waals surface area (Å²) in [6.07, 6.45) is 2.40. The Labute approximate surface area is 120 Å². The smallest absolute Gasteiger partial charge is 0.250 e. The van der Waals surface area contributed by atoms with Crippen LogP contribution in [0, 0.1) is 0 Å². The molecule has 0 aliphatic heterocycles. The standard InChI is InChI=1S/C13H24N2O2S2/c1-5-13(6-2,7-3)15-19(16,17)12-8-11(9-14-4)10-18-12/h8,10,14-15H,5-7,9H2,1-4H3. The van der Waals surface area contributed by atoms with Gasteiger partial charge in [-0.2, -0.15) is 0 Å². The van der Waals surface area contributed by atoms with Gasteiger partial charge >= 0.3 is 0 Å². The highest BCUT2D eigenvalue weighted by molar-refractivity contribution is 7.91. The molecule has 19 heavy (non-hydrogen) atoms. The van der Waals surface area contributed by atoms with Crippen LogP contribution in [0.4, 0.5) is 0 Å². The van der Waals surface area contributed by atoms with Gasteiger partial charge in [0, 0.05) is 12.1 Å². The van der Waals surface area contributed by atoms with E-state index in [1.165, 1.54) is 11.3 Å². The molecule has 0 aliphatic carbocycles. The Morgan fingerprint density at radius 2 is 1.79 bits per heavy atom. The predicted octanol–water partition coefficient (Wildman–Crippen LogP) is 2.71. The summed E-state index contributed by atoms with van der Waals surface area (Å²) in [4.78, 5) is 0. The minimum absolute atomic E-state index is 0.327. The van der Waals surface area contributed by atoms with E-state index in [9.17, 15) is 8.42 Å². The molecule has 0 fully saturated rings. The first-order valence-electron chi connectivity index (χ1n) is 6.69. The summed E-state index contributed by atoms with van der Waals surface area (Å²) in [5.74, 6) is 0. The van der Waals surface area contributed by atoms with Crippen molar-refractivity contribution in [3.63, 3.8) is 0 Å². The normalized spacial score (nSPS) is 12.8. The van der Waals surface area contributed by atoms with Gasteiger partial charge in [0.25, 0.3) is 10.0 Å². The molecule has 110 valence electrons. The fourth-order valence-corrected chi connectivity index (χ4v) is 4.92. The molecule has 0 radical (unpaired) electrons. The Hall–Kier alpha value is -0.430. The first-order chi connectivity index (χ1) is 8.93. The lowest BCUT2D eigenvalue weighted by atomic mass is 9.91. The quantitative estimate of drug-likeness (QED) is 0.776. The summed E-state index contributed by atoms with van der Waals surface area (Å²) in [5.41, 5.74) is 0.675. The van der Waals surface area contributed by atoms with Gasteiger partial charge in [0.05, 0.1) is 0 Å². The number of thiophene rings is 1. The van der Waals surface area contributed by atoms with Crippen LogP contribution in [0.2, 0.25) is 0 Å². The van der Waals surface area contributed by atoms with Crippen molar-refractivity contribution in [2.45, 2.75) is 56.3 Å². The topological polar surface area (TPSA) is 58.2 Å². The van der Waals surface area contributed by atoms with E-state index in [0.717, 1.165) is 24.8 Å². The molecule has 0 saturated heterocycles. The molecule has 0 saturated carbocycles. The molecule has 1 heterocycles. The average molecular weight is 304 g/mol. The third-order valence-electron chi connectivity index (χ3n) is 3.66. The first-order valence-corrected chi connectivity index (χ1v) is 9.05. The fraction of sp³-hybridized carbons (Fsp3) is 0.692. The SMILES string of the molecule is CCC(CC)(CC)NS(=O)(=O)c1cc(CNC)cs1. The van der Waals surface area contributed by atoms with Gasteiger partial charge in [0.1, 0.15) is 4.21 Å². The van der Waals surface area contributed by atoms with Gasteiger partial charge in [0.2, 0.25) is 0 Å². The molecule has 6 heteroatoms. The first kappa shape index (κ1) is 16.6. The zero-order chi connectivity index (χ0) is 14.5. The summed E-state index contributed by atoms with van der Waals surface area (Å²) in [7, 11) is -1.56. The third kappa shape index (κ3) is 4.02. The molecule has 2 N–H and O–H groups in total. The summed E-state index contributed by atoms with van der Waals surface area (Å²) >= 11 is 1.28. The second-order valence-electron chi connectivity index (χ2n) is 4.75. The van der Waals surface area contributed by atoms with Gasteiger partial charge in [0.15, 0.2) is 0 Å². The van der Waals surface area contributed by atoms with Crippen LogP contribution in [0.1, 0.15) is 45.6 Å². The molecule has 0 bridgehead atoms. The predicted molar refractivity (Wildman–Crippen MR) is 81.0 cm³/mol. The second kappa shape index (κ2) is 6.83. The maximum atomic E-state index is 12.4. The molecule has 0 spiro atoms. The minimum atomic E-state index is -3.41. The lowest BCUT2D eigenvalue weighted by Gasteiger charge is -2.30. The summed E-state index contributed by atoms with van der Waals surface area (Å²) in [6, 6.07) is 1.75. The van der Waals surface area contributed by atoms with Crippen molar-refractivity contribution >= 4 is 21.4 Å². The molecule has 1 aromatic heterocycles. The maximum Gasteiger partial charge on any atom is 0.250 e. The van der Waals surface area contributed by atoms with Crippen LogP contribution in [0.15, 0.2) is 15.7 Å². The third-order valence-corrected chi connectivity index (χ3v) is 6.72. The highest BCUT2D eigenvalue weighted by Gasteiger charge is 2.31. The van der Waals surface area contributed by atoms with Crippen molar-refractivity contribution in [3.8, 4) is 0 Å². The minimum Gasteiger partial charge on any atom is -0.316 e. The van der Waals surface area contributed by atoms with Gasteiger partial charge < -0.3 is 5.32 Å². The summed E-state index contributed by atoms with van der Waals surface area (Å²) in [6.45, 7) is 6.76. The Morgan fingerprint density at radius 1 is 1.21 bits per heavy atom. The van der Waals surface area contributed by atoms with Crippen LogP contribution in [0.25, 0.3) is 0 Å². The van der Waals surface area contributed by atoms with Crippen molar-refractivity contribution in [1.29, 1.82) is 0 Å². The largest absolute Gasteiger partial charge is 0.316 e. The number of sulfonamides is 1. The molecule has 0 aromatic carbocycles. The molecule has 0 unspecified atom stereocenters. The molecule has 0 atom stereocenters. The Kier molecular flexibility index (Phi) is 5.98. The van der Waals surface area contributed by atoms with Crippen LogP contribution in [-0.2, 0) is 16.6 Å². The zero-order valence-corrected chi connectivity index (χ0v) is 13.7. The van der Waals surface area contributed by atoms with Crippen LogP contribution in [0.5, 0.6) is 0 Å². The van der Waals surface area contributed by atoms with Crippen LogP contribution in [0.3, 0.4) is 0 Å². The number of hydrogen-bond donors (Lipinski definition) is 2. The zero-order valence-electron chi connectivity index (χ0n) is 12.1. The van der Waals surface area contributed by atoms with E-state index in [-0.39, 0.29) is 5.54 Å². The van der Waals surface area contributed by atoms with Crippen LogP contribution >= 0.6 is 11.3 Å². The lowest BCUT2D eigenvalue weighted by molar-refractivity contribution is 0.342. The monoisotopic (exact) mass is 304 g/mol. The van der Waals surface area contributed by atoms with E-state index in [4.69, 9.17) is 0 Å². The van der Waals surface area contributed by atoms with E-state index in [1.54, 1.807) is 6.07 Å². The van der Waals surface area contributed by atoms with E-state index < -0.39 is 10.0 Å². The van der Waals surface area contributed by atoms with Gasteiger partial charge in [-0.3, -0.25) is 0 Å². The molecule has 1 aromatic rings. The van der Waals surface area contributed by atoms with Crippen LogP contribution < -0.4 is 10.0 Å². The number of nitrogens with one attached hydrogen (secondary N) is 2. The van der Waals surface area contributed by atoms with Crippen LogP contribution in [-0.4, -0.2) is 21.0 Å². The number of rotatable bonds is 8. The van der Waals surface area contributed by atoms with Crippen molar-refractivity contribution in [3.05, 3.63) is 17.0 Å².